The molecule has 9 heteroatoms. The van der Waals surface area contributed by atoms with Gasteiger partial charge in [-0.15, -0.1) is 0 Å². The van der Waals surface area contributed by atoms with Gasteiger partial charge in [-0.25, -0.2) is 18.4 Å². The molecule has 1 aromatic carbocycles. The number of nitrogens with one attached hydrogen (secondary N) is 1. The lowest BCUT2D eigenvalue weighted by atomic mass is 10.3. The number of morpholine rings is 1. The molecular formula is C16H15F2N5O2. The van der Waals surface area contributed by atoms with Gasteiger partial charge in [-0.2, -0.15) is 5.10 Å². The molecule has 7 nitrogen and oxygen atoms in total. The minimum Gasteiger partial charge on any atom is -0.379 e. The largest absolute Gasteiger partial charge is 0.379 e. The Kier molecular flexibility index (Phi) is 4.02. The van der Waals surface area contributed by atoms with E-state index in [1.807, 2.05) is 0 Å². The van der Waals surface area contributed by atoms with Gasteiger partial charge in [0.25, 0.3) is 5.56 Å². The monoisotopic (exact) mass is 347 g/mol. The van der Waals surface area contributed by atoms with Gasteiger partial charge in [0.2, 0.25) is 0 Å². The van der Waals surface area contributed by atoms with Crippen LogP contribution in [0.1, 0.15) is 5.82 Å². The zero-order valence-electron chi connectivity index (χ0n) is 13.2. The molecule has 130 valence electrons. The Bertz CT molecular complexity index is 978. The second-order valence-electron chi connectivity index (χ2n) is 5.79. The van der Waals surface area contributed by atoms with Crippen molar-refractivity contribution in [1.29, 1.82) is 0 Å². The van der Waals surface area contributed by atoms with E-state index in [0.29, 0.717) is 25.6 Å². The summed E-state index contributed by atoms with van der Waals surface area (Å²) in [6.45, 7) is 3.20. The quantitative estimate of drug-likeness (QED) is 0.771. The lowest BCUT2D eigenvalue weighted by molar-refractivity contribution is 0.0330. The van der Waals surface area contributed by atoms with Crippen LogP contribution in [-0.4, -0.2) is 51.0 Å². The van der Waals surface area contributed by atoms with Gasteiger partial charge in [0.05, 0.1) is 26.0 Å². The Labute approximate surface area is 140 Å². The average Bonchev–Trinajstić information content (AvgIpc) is 3.00. The number of ether oxygens (including phenoxy) is 1. The van der Waals surface area contributed by atoms with Gasteiger partial charge >= 0.3 is 0 Å². The number of rotatable bonds is 3. The van der Waals surface area contributed by atoms with Gasteiger partial charge in [0.15, 0.2) is 11.5 Å². The van der Waals surface area contributed by atoms with Crippen molar-refractivity contribution in [1.82, 2.24) is 24.6 Å². The molecule has 0 atom stereocenters. The maximum Gasteiger partial charge on any atom is 0.262 e. The summed E-state index contributed by atoms with van der Waals surface area (Å²) >= 11 is 0. The van der Waals surface area contributed by atoms with Crippen molar-refractivity contribution in [2.45, 2.75) is 6.54 Å². The van der Waals surface area contributed by atoms with Crippen LogP contribution in [0, 0.1) is 11.6 Å². The molecule has 1 fully saturated rings. The Morgan fingerprint density at radius 3 is 2.80 bits per heavy atom. The van der Waals surface area contributed by atoms with E-state index in [9.17, 15) is 13.6 Å². The standard InChI is InChI=1S/C16H15F2N5O2/c17-10-1-2-13(12(18)7-10)23-15-11(8-19-23)16(24)21-14(20-15)9-22-3-5-25-6-4-22/h1-2,7-8H,3-6,9H2,(H,20,21,24). The van der Waals surface area contributed by atoms with E-state index in [2.05, 4.69) is 20.0 Å². The van der Waals surface area contributed by atoms with E-state index >= 15 is 0 Å². The fourth-order valence-corrected chi connectivity index (χ4v) is 2.84. The van der Waals surface area contributed by atoms with E-state index in [0.717, 1.165) is 25.2 Å². The fourth-order valence-electron chi connectivity index (χ4n) is 2.84. The van der Waals surface area contributed by atoms with Crippen LogP contribution < -0.4 is 5.56 Å². The molecule has 0 spiro atoms. The maximum atomic E-state index is 14.1. The predicted octanol–water partition coefficient (Wildman–Crippen LogP) is 1.22. The van der Waals surface area contributed by atoms with Crippen LogP contribution in [0.5, 0.6) is 0 Å². The van der Waals surface area contributed by atoms with Crippen LogP contribution in [0.2, 0.25) is 0 Å². The van der Waals surface area contributed by atoms with Gasteiger partial charge < -0.3 is 9.72 Å². The summed E-state index contributed by atoms with van der Waals surface area (Å²) in [6, 6.07) is 3.17. The fraction of sp³-hybridized carbons (Fsp3) is 0.312. The molecule has 1 saturated heterocycles. The molecule has 2 aromatic heterocycles. The third-order valence-corrected chi connectivity index (χ3v) is 4.10. The normalized spacial score (nSPS) is 15.8. The smallest absolute Gasteiger partial charge is 0.262 e. The molecule has 0 saturated carbocycles. The van der Waals surface area contributed by atoms with Gasteiger partial charge in [-0.05, 0) is 12.1 Å². The predicted molar refractivity (Wildman–Crippen MR) is 85.5 cm³/mol. The van der Waals surface area contributed by atoms with E-state index < -0.39 is 11.6 Å². The molecule has 1 aliphatic rings. The first-order valence-corrected chi connectivity index (χ1v) is 7.84. The van der Waals surface area contributed by atoms with Crippen LogP contribution >= 0.6 is 0 Å². The second kappa shape index (κ2) is 6.34. The number of halogens is 2. The number of fused-ring (bicyclic) bond motifs is 1. The first-order chi connectivity index (χ1) is 12.1. The summed E-state index contributed by atoms with van der Waals surface area (Å²) in [5, 5.41) is 4.29. The SMILES string of the molecule is O=c1[nH]c(CN2CCOCC2)nc2c1cnn2-c1ccc(F)cc1F. The molecule has 0 radical (unpaired) electrons. The Balaban J connectivity index is 1.77. The number of benzene rings is 1. The molecule has 1 aliphatic heterocycles. The first kappa shape index (κ1) is 15.9. The molecule has 0 amide bonds. The number of H-pyrrole nitrogens is 1. The van der Waals surface area contributed by atoms with Crippen LogP contribution in [-0.2, 0) is 11.3 Å². The van der Waals surface area contributed by atoms with Crippen molar-refractivity contribution in [3.05, 3.63) is 52.2 Å². The highest BCUT2D eigenvalue weighted by atomic mass is 19.1. The van der Waals surface area contributed by atoms with E-state index in [-0.39, 0.29) is 22.3 Å². The lowest BCUT2D eigenvalue weighted by Gasteiger charge is -2.25. The molecule has 1 N–H and O–H groups in total. The highest BCUT2D eigenvalue weighted by Gasteiger charge is 2.17. The van der Waals surface area contributed by atoms with Crippen LogP contribution in [0.25, 0.3) is 16.7 Å². The molecule has 3 aromatic rings. The minimum atomic E-state index is -0.776. The first-order valence-electron chi connectivity index (χ1n) is 7.84. The molecular weight excluding hydrogens is 332 g/mol. The summed E-state index contributed by atoms with van der Waals surface area (Å²) in [5.41, 5.74) is -0.0774. The Morgan fingerprint density at radius 2 is 2.04 bits per heavy atom. The number of aromatic nitrogens is 4. The van der Waals surface area contributed by atoms with Crippen molar-refractivity contribution in [3.63, 3.8) is 0 Å². The Hall–Kier alpha value is -2.65. The second-order valence-corrected chi connectivity index (χ2v) is 5.79. The van der Waals surface area contributed by atoms with Crippen molar-refractivity contribution < 1.29 is 13.5 Å². The molecule has 0 unspecified atom stereocenters. The summed E-state index contributed by atoms with van der Waals surface area (Å²) in [4.78, 5) is 21.5. The van der Waals surface area contributed by atoms with Gasteiger partial charge in [-0.3, -0.25) is 9.69 Å². The van der Waals surface area contributed by atoms with Crippen LogP contribution in [0.15, 0.2) is 29.2 Å². The topological polar surface area (TPSA) is 76.0 Å². The molecule has 25 heavy (non-hydrogen) atoms. The van der Waals surface area contributed by atoms with Crippen molar-refractivity contribution >= 4 is 11.0 Å². The molecule has 0 aliphatic carbocycles. The minimum absolute atomic E-state index is 0.0341. The Morgan fingerprint density at radius 1 is 1.24 bits per heavy atom. The number of hydrogen-bond acceptors (Lipinski definition) is 5. The van der Waals surface area contributed by atoms with Gasteiger partial charge in [0, 0.05) is 19.2 Å². The molecule has 4 rings (SSSR count). The van der Waals surface area contributed by atoms with Crippen molar-refractivity contribution in [3.8, 4) is 5.69 Å². The highest BCUT2D eigenvalue weighted by Crippen LogP contribution is 2.18. The number of nitrogens with zero attached hydrogens (tertiary/aromatic N) is 4. The third kappa shape index (κ3) is 3.03. The molecule has 3 heterocycles. The van der Waals surface area contributed by atoms with Gasteiger partial charge in [-0.1, -0.05) is 0 Å². The summed E-state index contributed by atoms with van der Waals surface area (Å²) in [6.07, 6.45) is 1.32. The average molecular weight is 347 g/mol. The van der Waals surface area contributed by atoms with Crippen LogP contribution in [0.3, 0.4) is 0 Å². The number of hydrogen-bond donors (Lipinski definition) is 1. The maximum absolute atomic E-state index is 14.1. The molecule has 0 bridgehead atoms. The summed E-state index contributed by atoms with van der Waals surface area (Å²) in [5.74, 6) is -0.998. The van der Waals surface area contributed by atoms with Crippen LogP contribution in [0.4, 0.5) is 8.78 Å². The number of aromatic amines is 1. The van der Waals surface area contributed by atoms with E-state index in [4.69, 9.17) is 4.74 Å². The van der Waals surface area contributed by atoms with E-state index in [1.165, 1.54) is 16.9 Å². The highest BCUT2D eigenvalue weighted by molar-refractivity contribution is 5.75. The van der Waals surface area contributed by atoms with E-state index in [1.54, 1.807) is 0 Å². The summed E-state index contributed by atoms with van der Waals surface area (Å²) in [7, 11) is 0. The zero-order chi connectivity index (χ0) is 17.4. The zero-order valence-corrected chi connectivity index (χ0v) is 13.2. The van der Waals surface area contributed by atoms with Crippen molar-refractivity contribution in [2.75, 3.05) is 26.3 Å². The third-order valence-electron chi connectivity index (χ3n) is 4.10. The van der Waals surface area contributed by atoms with Gasteiger partial charge in [0.1, 0.15) is 22.7 Å². The summed E-state index contributed by atoms with van der Waals surface area (Å²) < 4.78 is 33.7. The lowest BCUT2D eigenvalue weighted by Crippen LogP contribution is -2.36. The van der Waals surface area contributed by atoms with Crippen molar-refractivity contribution in [2.24, 2.45) is 0 Å².